The normalized spacial score (nSPS) is 22.1. The summed E-state index contributed by atoms with van der Waals surface area (Å²) in [5.74, 6) is -4.25. The highest BCUT2D eigenvalue weighted by Gasteiger charge is 2.48. The van der Waals surface area contributed by atoms with E-state index in [-0.39, 0.29) is 23.6 Å². The van der Waals surface area contributed by atoms with Gasteiger partial charge in [-0.15, -0.1) is 0 Å². The van der Waals surface area contributed by atoms with Crippen LogP contribution in [-0.4, -0.2) is 78.0 Å². The molecule has 0 bridgehead atoms. The molecule has 13 heteroatoms. The third kappa shape index (κ3) is 9.09. The summed E-state index contributed by atoms with van der Waals surface area (Å²) in [6, 6.07) is -1.72. The third-order valence-electron chi connectivity index (χ3n) is 6.54. The number of rotatable bonds is 9. The van der Waals surface area contributed by atoms with Gasteiger partial charge in [0.1, 0.15) is 18.1 Å². The van der Waals surface area contributed by atoms with Crippen LogP contribution in [0.25, 0.3) is 0 Å². The molecular formula is C24H38F3N5O4S. The lowest BCUT2D eigenvalue weighted by Gasteiger charge is -2.35. The smallest absolute Gasteiger partial charge is 0.350 e. The molecule has 210 valence electrons. The Morgan fingerprint density at radius 2 is 1.68 bits per heavy atom. The largest absolute Gasteiger partial charge is 0.471 e. The first kappa shape index (κ1) is 30.7. The number of nitrogens with one attached hydrogen (secondary N) is 4. The number of halogens is 3. The molecule has 1 aliphatic heterocycles. The van der Waals surface area contributed by atoms with Crippen molar-refractivity contribution in [1.82, 2.24) is 21.3 Å². The molecule has 4 atom stereocenters. The van der Waals surface area contributed by atoms with Crippen molar-refractivity contribution in [3.8, 4) is 6.07 Å². The van der Waals surface area contributed by atoms with Gasteiger partial charge in [-0.1, -0.05) is 20.8 Å². The van der Waals surface area contributed by atoms with Crippen LogP contribution < -0.4 is 21.3 Å². The topological polar surface area (TPSA) is 140 Å². The summed E-state index contributed by atoms with van der Waals surface area (Å²) in [5, 5.41) is 19.5. The molecule has 2 fully saturated rings. The van der Waals surface area contributed by atoms with E-state index in [2.05, 4.69) is 16.0 Å². The zero-order valence-electron chi connectivity index (χ0n) is 22.2. The van der Waals surface area contributed by atoms with Gasteiger partial charge in [-0.25, -0.2) is 10.0 Å². The summed E-state index contributed by atoms with van der Waals surface area (Å²) < 4.78 is 38.6. The van der Waals surface area contributed by atoms with Crippen molar-refractivity contribution < 1.29 is 32.3 Å². The van der Waals surface area contributed by atoms with Crippen LogP contribution in [0, 0.1) is 22.7 Å². The number of carbonyl (C=O) groups is 4. The van der Waals surface area contributed by atoms with Crippen LogP contribution in [0.1, 0.15) is 52.9 Å². The molecule has 1 aliphatic carbocycles. The van der Waals surface area contributed by atoms with Gasteiger partial charge in [0.05, 0.1) is 6.07 Å². The van der Waals surface area contributed by atoms with E-state index in [4.69, 9.17) is 0 Å². The maximum Gasteiger partial charge on any atom is 0.471 e. The Balaban J connectivity index is 2.13. The van der Waals surface area contributed by atoms with E-state index in [0.717, 1.165) is 19.3 Å². The highest BCUT2D eigenvalue weighted by atomic mass is 32.3. The van der Waals surface area contributed by atoms with Gasteiger partial charge in [-0.3, -0.25) is 19.2 Å². The molecule has 0 unspecified atom stereocenters. The lowest BCUT2D eigenvalue weighted by molar-refractivity contribution is -0.175. The number of carbonyl (C=O) groups excluding carboxylic acids is 4. The van der Waals surface area contributed by atoms with E-state index in [1.54, 1.807) is 5.32 Å². The summed E-state index contributed by atoms with van der Waals surface area (Å²) in [6.07, 6.45) is 3.94. The van der Waals surface area contributed by atoms with Crippen molar-refractivity contribution in [2.45, 2.75) is 82.7 Å². The number of alkyl halides is 3. The Morgan fingerprint density at radius 1 is 1.08 bits per heavy atom. The van der Waals surface area contributed by atoms with Gasteiger partial charge in [0.15, 0.2) is 0 Å². The Hall–Kier alpha value is -2.49. The molecule has 1 heterocycles. The fourth-order valence-electron chi connectivity index (χ4n) is 4.29. The maximum absolute atomic E-state index is 13.2. The zero-order valence-corrected chi connectivity index (χ0v) is 23.0. The monoisotopic (exact) mass is 549 g/mol. The van der Waals surface area contributed by atoms with E-state index < -0.39 is 63.4 Å². The summed E-state index contributed by atoms with van der Waals surface area (Å²) >= 11 is 0. The Morgan fingerprint density at radius 3 is 2.11 bits per heavy atom. The average molecular weight is 550 g/mol. The average Bonchev–Trinajstić information content (AvgIpc) is 3.48. The molecule has 1 saturated heterocycles. The number of amides is 4. The third-order valence-corrected chi connectivity index (χ3v) is 7.87. The fraction of sp³-hybridized carbons (Fsp3) is 0.792. The molecule has 37 heavy (non-hydrogen) atoms. The maximum atomic E-state index is 13.2. The fourth-order valence-corrected chi connectivity index (χ4v) is 5.52. The Kier molecular flexibility index (Phi) is 9.21. The van der Waals surface area contributed by atoms with E-state index in [1.165, 1.54) is 20.8 Å². The van der Waals surface area contributed by atoms with E-state index in [0.29, 0.717) is 6.42 Å². The van der Waals surface area contributed by atoms with Gasteiger partial charge in [0.2, 0.25) is 17.7 Å². The Labute approximate surface area is 217 Å². The van der Waals surface area contributed by atoms with E-state index in [1.807, 2.05) is 24.8 Å². The van der Waals surface area contributed by atoms with Crippen LogP contribution in [0.4, 0.5) is 13.2 Å². The zero-order chi connectivity index (χ0) is 28.4. The van der Waals surface area contributed by atoms with Crippen molar-refractivity contribution in [3.63, 3.8) is 0 Å². The van der Waals surface area contributed by atoms with Crippen LogP contribution in [0.2, 0.25) is 0 Å². The van der Waals surface area contributed by atoms with Crippen molar-refractivity contribution in [1.29, 1.82) is 5.26 Å². The minimum atomic E-state index is -5.18. The van der Waals surface area contributed by atoms with E-state index >= 15 is 0 Å². The number of hydrogen-bond acceptors (Lipinski definition) is 5. The van der Waals surface area contributed by atoms with Gasteiger partial charge in [-0.05, 0) is 56.3 Å². The minimum absolute atomic E-state index is 0.102. The van der Waals surface area contributed by atoms with Crippen molar-refractivity contribution in [2.75, 3.05) is 24.5 Å². The van der Waals surface area contributed by atoms with Gasteiger partial charge in [0, 0.05) is 17.2 Å². The highest BCUT2D eigenvalue weighted by molar-refractivity contribution is 8.32. The first-order valence-electron chi connectivity index (χ1n) is 12.1. The molecule has 1 spiro atoms. The minimum Gasteiger partial charge on any atom is -0.350 e. The summed E-state index contributed by atoms with van der Waals surface area (Å²) in [7, 11) is -1.40. The van der Waals surface area contributed by atoms with Crippen LogP contribution in [-0.2, 0) is 19.2 Å². The lowest BCUT2D eigenvalue weighted by Crippen LogP contribution is -2.60. The molecule has 2 aliphatic rings. The van der Waals surface area contributed by atoms with E-state index in [9.17, 15) is 37.6 Å². The van der Waals surface area contributed by atoms with Crippen molar-refractivity contribution in [3.05, 3.63) is 0 Å². The lowest BCUT2D eigenvalue weighted by atomic mass is 9.86. The van der Waals surface area contributed by atoms with Crippen LogP contribution in [0.5, 0.6) is 0 Å². The molecule has 4 N–H and O–H groups in total. The van der Waals surface area contributed by atoms with Gasteiger partial charge >= 0.3 is 12.1 Å². The van der Waals surface area contributed by atoms with Gasteiger partial charge in [-0.2, -0.15) is 18.4 Å². The van der Waals surface area contributed by atoms with Gasteiger partial charge in [0.25, 0.3) is 0 Å². The van der Waals surface area contributed by atoms with Crippen LogP contribution in [0.15, 0.2) is 0 Å². The van der Waals surface area contributed by atoms with Crippen LogP contribution in [0.3, 0.4) is 0 Å². The molecule has 9 nitrogen and oxygen atoms in total. The second-order valence-corrected chi connectivity index (χ2v) is 16.5. The summed E-state index contributed by atoms with van der Waals surface area (Å²) in [4.78, 5) is 50.3. The molecule has 1 saturated carbocycles. The quantitative estimate of drug-likeness (QED) is 0.347. The molecule has 2 rings (SSSR count). The predicted octanol–water partition coefficient (Wildman–Crippen LogP) is 1.72. The molecule has 0 radical (unpaired) electrons. The second kappa shape index (κ2) is 11.1. The molecule has 0 aromatic rings. The molecular weight excluding hydrogens is 511 g/mol. The number of piperidine rings is 1. The predicted molar refractivity (Wildman–Crippen MR) is 135 cm³/mol. The summed E-state index contributed by atoms with van der Waals surface area (Å²) in [5.41, 5.74) is -1.20. The van der Waals surface area contributed by atoms with Crippen molar-refractivity contribution >= 4 is 33.7 Å². The standard InChI is InChI=1S/C24H38F3N5O4S/c1-22(2,3)17(31-21(36)24(25,26)27)20(35)30-16(13-37(4,5)6)19(34)29-15(12-28)11-14-7-8-23(9-10-23)32-18(14)33/h14-17H,7-11,13H2,1-6H3,(H,29,34)(H,30,35)(H,31,36)(H,32,33)/t14-,15-,16-,17+/m0/s1. The van der Waals surface area contributed by atoms with Gasteiger partial charge < -0.3 is 21.3 Å². The number of nitriles is 1. The first-order chi connectivity index (χ1) is 16.8. The SMILES string of the molecule is CC(C)(C)[C@H](NC(=O)C(F)(F)F)C(=O)N[C@@H](CS(C)(C)C)C(=O)N[C@H](C#N)C[C@@H]1CCC2(CC2)NC1=O. The Bertz CT molecular complexity index is 948. The second-order valence-electron chi connectivity index (χ2n) is 12.0. The van der Waals surface area contributed by atoms with Crippen LogP contribution >= 0.6 is 10.0 Å². The highest BCUT2D eigenvalue weighted by Crippen LogP contribution is 2.44. The number of hydrogen-bond donors (Lipinski definition) is 4. The first-order valence-corrected chi connectivity index (χ1v) is 15.2. The molecule has 0 aromatic carbocycles. The summed E-state index contributed by atoms with van der Waals surface area (Å²) in [6.45, 7) is 4.47. The number of nitrogens with zero attached hydrogens (tertiary/aromatic N) is 1. The molecule has 4 amide bonds. The molecule has 0 aromatic heterocycles. The van der Waals surface area contributed by atoms with Crippen molar-refractivity contribution in [2.24, 2.45) is 11.3 Å².